The number of fused-ring (bicyclic) bond motifs is 1. The molecule has 0 unspecified atom stereocenters. The quantitative estimate of drug-likeness (QED) is 0.289. The van der Waals surface area contributed by atoms with Gasteiger partial charge in [0.15, 0.2) is 16.7 Å². The second-order valence-electron chi connectivity index (χ2n) is 8.20. The Morgan fingerprint density at radius 3 is 2.34 bits per heavy atom. The fourth-order valence-electron chi connectivity index (χ4n) is 4.08. The maximum Gasteiger partial charge on any atom is 0.266 e. The average molecular weight is 490 g/mol. The maximum absolute atomic E-state index is 13.5. The summed E-state index contributed by atoms with van der Waals surface area (Å²) < 4.78 is 12.3. The molecule has 0 spiro atoms. The van der Waals surface area contributed by atoms with Crippen LogP contribution in [0.2, 0.25) is 0 Å². The van der Waals surface area contributed by atoms with Crippen LogP contribution in [0.5, 0.6) is 11.5 Å². The van der Waals surface area contributed by atoms with Gasteiger partial charge in [0.1, 0.15) is 0 Å². The van der Waals surface area contributed by atoms with Crippen LogP contribution in [0, 0.1) is 20.8 Å². The summed E-state index contributed by atoms with van der Waals surface area (Å²) >= 11 is 1.20. The summed E-state index contributed by atoms with van der Waals surface area (Å²) in [6.07, 6.45) is 0. The number of amides is 1. The lowest BCUT2D eigenvalue weighted by molar-refractivity contribution is -0.113. The molecule has 0 atom stereocenters. The van der Waals surface area contributed by atoms with E-state index in [1.165, 1.54) is 23.4 Å². The van der Waals surface area contributed by atoms with Gasteiger partial charge in [-0.15, -0.1) is 0 Å². The normalized spacial score (nSPS) is 10.9. The molecule has 4 aromatic rings. The zero-order valence-corrected chi connectivity index (χ0v) is 21.2. The number of anilines is 1. The Hall–Kier alpha value is -3.78. The number of thioether (sulfide) groups is 1. The van der Waals surface area contributed by atoms with Crippen molar-refractivity contribution in [2.45, 2.75) is 25.9 Å². The predicted octanol–water partition coefficient (Wildman–Crippen LogP) is 5.06. The van der Waals surface area contributed by atoms with E-state index in [2.05, 4.69) is 5.32 Å². The van der Waals surface area contributed by atoms with Gasteiger partial charge in [0.25, 0.3) is 5.56 Å². The van der Waals surface area contributed by atoms with E-state index in [0.717, 1.165) is 22.4 Å². The van der Waals surface area contributed by atoms with Gasteiger partial charge in [-0.2, -0.15) is 0 Å². The van der Waals surface area contributed by atoms with Crippen molar-refractivity contribution < 1.29 is 14.3 Å². The first kappa shape index (κ1) is 24.3. The fraction of sp³-hybridized carbons (Fsp3) is 0.222. The van der Waals surface area contributed by atoms with Gasteiger partial charge in [0.2, 0.25) is 5.91 Å². The van der Waals surface area contributed by atoms with Crippen molar-refractivity contribution in [3.8, 4) is 17.2 Å². The Morgan fingerprint density at radius 1 is 0.971 bits per heavy atom. The number of hydrogen-bond donors (Lipinski definition) is 1. The highest BCUT2D eigenvalue weighted by Crippen LogP contribution is 2.31. The standard InChI is InChI=1S/C27H27N3O4S/c1-16-12-17(2)25(18(3)13-16)29-24(31)15-35-27-28-21-9-7-6-8-20(21)26(32)30(27)19-10-11-22(33-4)23(14-19)34-5/h6-14H,15H2,1-5H3,(H,29,31). The van der Waals surface area contributed by atoms with Gasteiger partial charge in [-0.1, -0.05) is 41.6 Å². The molecule has 3 aromatic carbocycles. The second kappa shape index (κ2) is 10.2. The minimum atomic E-state index is -0.226. The summed E-state index contributed by atoms with van der Waals surface area (Å²) in [4.78, 5) is 31.1. The summed E-state index contributed by atoms with van der Waals surface area (Å²) in [6, 6.07) is 16.5. The van der Waals surface area contributed by atoms with E-state index in [1.54, 1.807) is 43.5 Å². The highest BCUT2D eigenvalue weighted by Gasteiger charge is 2.17. The summed E-state index contributed by atoms with van der Waals surface area (Å²) in [6.45, 7) is 5.98. The Bertz CT molecular complexity index is 1460. The number of nitrogens with zero attached hydrogens (tertiary/aromatic N) is 2. The number of para-hydroxylation sites is 1. The molecular weight excluding hydrogens is 462 g/mol. The Labute approximate surface area is 208 Å². The summed E-state index contributed by atoms with van der Waals surface area (Å²) in [7, 11) is 3.09. The Kier molecular flexibility index (Phi) is 7.12. The molecule has 1 heterocycles. The Balaban J connectivity index is 1.71. The van der Waals surface area contributed by atoms with Crippen LogP contribution in [-0.2, 0) is 4.79 Å². The van der Waals surface area contributed by atoms with Crippen molar-refractivity contribution in [2.24, 2.45) is 0 Å². The third-order valence-corrected chi connectivity index (χ3v) is 6.58. The number of rotatable bonds is 7. The van der Waals surface area contributed by atoms with Gasteiger partial charge in [0.05, 0.1) is 36.6 Å². The van der Waals surface area contributed by atoms with Crippen LogP contribution in [0.15, 0.2) is 64.5 Å². The number of carbonyl (C=O) groups is 1. The lowest BCUT2D eigenvalue weighted by atomic mass is 10.1. The molecule has 0 aliphatic heterocycles. The van der Waals surface area contributed by atoms with Gasteiger partial charge in [-0.25, -0.2) is 4.98 Å². The van der Waals surface area contributed by atoms with E-state index in [-0.39, 0.29) is 17.2 Å². The van der Waals surface area contributed by atoms with Crippen molar-refractivity contribution in [3.05, 3.63) is 81.6 Å². The fourth-order valence-corrected chi connectivity index (χ4v) is 4.90. The molecule has 1 N–H and O–H groups in total. The molecular formula is C27H27N3O4S. The number of nitrogens with one attached hydrogen (secondary N) is 1. The lowest BCUT2D eigenvalue weighted by Gasteiger charge is -2.16. The van der Waals surface area contributed by atoms with E-state index in [4.69, 9.17) is 14.5 Å². The second-order valence-corrected chi connectivity index (χ2v) is 9.14. The first-order valence-corrected chi connectivity index (χ1v) is 12.1. The largest absolute Gasteiger partial charge is 0.493 e. The molecule has 35 heavy (non-hydrogen) atoms. The third kappa shape index (κ3) is 5.02. The van der Waals surface area contributed by atoms with Crippen molar-refractivity contribution in [2.75, 3.05) is 25.3 Å². The number of methoxy groups -OCH3 is 2. The predicted molar refractivity (Wildman–Crippen MR) is 140 cm³/mol. The summed E-state index contributed by atoms with van der Waals surface area (Å²) in [5.74, 6) is 0.955. The van der Waals surface area contributed by atoms with Gasteiger partial charge in [-0.05, 0) is 56.2 Å². The van der Waals surface area contributed by atoms with Crippen LogP contribution in [-0.4, -0.2) is 35.4 Å². The van der Waals surface area contributed by atoms with E-state index >= 15 is 0 Å². The number of aromatic nitrogens is 2. The van der Waals surface area contributed by atoms with E-state index in [0.29, 0.717) is 33.2 Å². The van der Waals surface area contributed by atoms with Crippen LogP contribution in [0.1, 0.15) is 16.7 Å². The molecule has 0 aliphatic rings. The van der Waals surface area contributed by atoms with E-state index in [1.807, 2.05) is 39.0 Å². The molecule has 0 radical (unpaired) electrons. The molecule has 8 heteroatoms. The highest BCUT2D eigenvalue weighted by atomic mass is 32.2. The molecule has 0 fully saturated rings. The monoisotopic (exact) mass is 489 g/mol. The number of hydrogen-bond acceptors (Lipinski definition) is 6. The summed E-state index contributed by atoms with van der Waals surface area (Å²) in [5.41, 5.74) is 4.88. The highest BCUT2D eigenvalue weighted by molar-refractivity contribution is 7.99. The minimum Gasteiger partial charge on any atom is -0.493 e. The zero-order chi connectivity index (χ0) is 25.1. The van der Waals surface area contributed by atoms with Gasteiger partial charge in [-0.3, -0.25) is 14.2 Å². The maximum atomic E-state index is 13.5. The first-order chi connectivity index (χ1) is 16.8. The number of carbonyl (C=O) groups excluding carboxylic acids is 1. The molecule has 0 bridgehead atoms. The van der Waals surface area contributed by atoms with Crippen LogP contribution in [0.4, 0.5) is 5.69 Å². The average Bonchev–Trinajstić information content (AvgIpc) is 2.84. The molecule has 180 valence electrons. The first-order valence-electron chi connectivity index (χ1n) is 11.1. The van der Waals surface area contributed by atoms with Crippen LogP contribution < -0.4 is 20.3 Å². The molecule has 1 aromatic heterocycles. The number of aryl methyl sites for hydroxylation is 3. The number of ether oxygens (including phenoxy) is 2. The molecule has 7 nitrogen and oxygen atoms in total. The lowest BCUT2D eigenvalue weighted by Crippen LogP contribution is -2.23. The Morgan fingerprint density at radius 2 is 1.66 bits per heavy atom. The molecule has 0 aliphatic carbocycles. The van der Waals surface area contributed by atoms with E-state index < -0.39 is 0 Å². The van der Waals surface area contributed by atoms with Crippen molar-refractivity contribution in [1.29, 1.82) is 0 Å². The van der Waals surface area contributed by atoms with Crippen LogP contribution in [0.25, 0.3) is 16.6 Å². The van der Waals surface area contributed by atoms with Gasteiger partial charge in [0, 0.05) is 11.8 Å². The molecule has 4 rings (SSSR count). The topological polar surface area (TPSA) is 82.5 Å². The van der Waals surface area contributed by atoms with Gasteiger partial charge >= 0.3 is 0 Å². The molecule has 0 saturated heterocycles. The zero-order valence-electron chi connectivity index (χ0n) is 20.3. The van der Waals surface area contributed by atoms with Crippen molar-refractivity contribution >= 4 is 34.3 Å². The summed E-state index contributed by atoms with van der Waals surface area (Å²) in [5, 5.41) is 3.91. The number of benzene rings is 3. The smallest absolute Gasteiger partial charge is 0.266 e. The third-order valence-electron chi connectivity index (χ3n) is 5.64. The van der Waals surface area contributed by atoms with Gasteiger partial charge < -0.3 is 14.8 Å². The minimum absolute atomic E-state index is 0.0881. The molecule has 1 amide bonds. The molecule has 0 saturated carbocycles. The van der Waals surface area contributed by atoms with Crippen LogP contribution in [0.3, 0.4) is 0 Å². The van der Waals surface area contributed by atoms with Crippen molar-refractivity contribution in [3.63, 3.8) is 0 Å². The van der Waals surface area contributed by atoms with Crippen molar-refractivity contribution in [1.82, 2.24) is 9.55 Å². The SMILES string of the molecule is COc1ccc(-n2c(SCC(=O)Nc3c(C)cc(C)cc3C)nc3ccccc3c2=O)cc1OC. The van der Waals surface area contributed by atoms with Crippen LogP contribution >= 0.6 is 11.8 Å². The van der Waals surface area contributed by atoms with E-state index in [9.17, 15) is 9.59 Å².